The van der Waals surface area contributed by atoms with Gasteiger partial charge in [-0.2, -0.15) is 8.62 Å². The molecule has 1 aliphatic rings. The van der Waals surface area contributed by atoms with Crippen LogP contribution in [0.2, 0.25) is 0 Å². The van der Waals surface area contributed by atoms with Crippen LogP contribution in [0.25, 0.3) is 10.4 Å². The zero-order valence-electron chi connectivity index (χ0n) is 27.9. The number of carbonyl (C=O) groups is 2. The summed E-state index contributed by atoms with van der Waals surface area (Å²) in [4.78, 5) is 89.6. The van der Waals surface area contributed by atoms with Gasteiger partial charge in [0.2, 0.25) is 0 Å². The van der Waals surface area contributed by atoms with Crippen LogP contribution in [-0.4, -0.2) is 104 Å². The number of phosphoric acid groups is 3. The van der Waals surface area contributed by atoms with Crippen molar-refractivity contribution < 1.29 is 75.0 Å². The number of carbonyl (C=O) groups excluding carboxylic acids is 2. The van der Waals surface area contributed by atoms with Crippen LogP contribution in [0.3, 0.4) is 0 Å². The highest BCUT2D eigenvalue weighted by Crippen LogP contribution is 2.66. The zero-order chi connectivity index (χ0) is 39.9. The molecular weight excluding hydrogens is 819 g/mol. The van der Waals surface area contributed by atoms with Gasteiger partial charge in [0, 0.05) is 35.6 Å². The number of aromatic nitrogens is 2. The molecule has 1 aromatic rings. The van der Waals surface area contributed by atoms with Crippen molar-refractivity contribution in [3.05, 3.63) is 43.0 Å². The van der Waals surface area contributed by atoms with Crippen LogP contribution in [-0.2, 0) is 45.8 Å². The number of H-pyrrole nitrogens is 1. The van der Waals surface area contributed by atoms with Gasteiger partial charge in [-0.05, 0) is 26.3 Å². The molecule has 0 saturated carbocycles. The van der Waals surface area contributed by atoms with Gasteiger partial charge in [-0.3, -0.25) is 18.9 Å². The summed E-state index contributed by atoms with van der Waals surface area (Å²) in [6.07, 6.45) is -4.29. The molecule has 0 aliphatic carbocycles. The maximum absolute atomic E-state index is 12.6. The molecule has 0 bridgehead atoms. The maximum Gasteiger partial charge on any atom is 0.490 e. The van der Waals surface area contributed by atoms with Crippen LogP contribution >= 0.6 is 45.1 Å². The van der Waals surface area contributed by atoms with Crippen molar-refractivity contribution in [2.24, 2.45) is 5.11 Å². The Balaban J connectivity index is 1.93. The molecule has 53 heavy (non-hydrogen) atoms. The van der Waals surface area contributed by atoms with Gasteiger partial charge in [0.1, 0.15) is 36.8 Å². The van der Waals surface area contributed by atoms with Gasteiger partial charge < -0.3 is 49.2 Å². The number of hydrogen-bond acceptors (Lipinski definition) is 17. The summed E-state index contributed by atoms with van der Waals surface area (Å²) < 4.78 is 68.6. The molecule has 0 aromatic carbocycles. The van der Waals surface area contributed by atoms with Crippen LogP contribution in [0.1, 0.15) is 39.0 Å². The van der Waals surface area contributed by atoms with E-state index in [0.717, 1.165) is 10.8 Å². The molecule has 2 amide bonds. The number of azide groups is 1. The first kappa shape index (κ1) is 46.3. The first-order valence-corrected chi connectivity index (χ1v) is 21.6. The molecule has 1 saturated heterocycles. The Hall–Kier alpha value is -2.88. The van der Waals surface area contributed by atoms with E-state index in [2.05, 4.69) is 45.6 Å². The highest BCUT2D eigenvalue weighted by Gasteiger charge is 2.43. The molecule has 5 atom stereocenters. The number of hydrogen-bond donors (Lipinski definition) is 7. The minimum atomic E-state index is -5.81. The summed E-state index contributed by atoms with van der Waals surface area (Å²) in [7, 11) is -14.1. The lowest BCUT2D eigenvalue weighted by Gasteiger charge is -2.20. The van der Waals surface area contributed by atoms with E-state index in [1.807, 2.05) is 4.98 Å². The highest BCUT2D eigenvalue weighted by atomic mass is 33.1. The van der Waals surface area contributed by atoms with Crippen LogP contribution in [0.15, 0.2) is 20.9 Å². The summed E-state index contributed by atoms with van der Waals surface area (Å²) in [5, 5.41) is 8.17. The minimum absolute atomic E-state index is 0.0676. The maximum atomic E-state index is 12.6. The molecule has 1 aromatic heterocycles. The predicted octanol–water partition coefficient (Wildman–Crippen LogP) is 1.80. The number of rotatable bonds is 19. The van der Waals surface area contributed by atoms with Crippen molar-refractivity contribution in [2.75, 3.05) is 44.5 Å². The molecule has 2 unspecified atom stereocenters. The third kappa shape index (κ3) is 19.3. The Labute approximate surface area is 307 Å². The largest absolute Gasteiger partial charge is 0.490 e. The van der Waals surface area contributed by atoms with E-state index in [1.165, 1.54) is 21.6 Å². The van der Waals surface area contributed by atoms with Crippen LogP contribution in [0.4, 0.5) is 9.59 Å². The fraction of sp³-hybridized carbons (Fsp3) is 0.652. The van der Waals surface area contributed by atoms with Crippen molar-refractivity contribution in [3.8, 4) is 11.8 Å². The molecule has 1 fully saturated rings. The molecule has 25 nitrogen and oxygen atoms in total. The number of ether oxygens (including phenoxy) is 4. The van der Waals surface area contributed by atoms with Crippen molar-refractivity contribution in [2.45, 2.75) is 51.2 Å². The molecule has 7 N–H and O–H groups in total. The van der Waals surface area contributed by atoms with Crippen molar-refractivity contribution in [3.63, 3.8) is 0 Å². The van der Waals surface area contributed by atoms with Crippen LogP contribution < -0.4 is 21.9 Å². The number of nitrogens with one attached hydrogen (secondary N) is 3. The van der Waals surface area contributed by atoms with E-state index < -0.39 is 84.3 Å². The second-order valence-electron chi connectivity index (χ2n) is 10.9. The van der Waals surface area contributed by atoms with Gasteiger partial charge >= 0.3 is 41.3 Å². The smallest absolute Gasteiger partial charge is 0.449 e. The highest BCUT2D eigenvalue weighted by molar-refractivity contribution is 8.76. The monoisotopic (exact) mass is 855 g/mol. The lowest BCUT2D eigenvalue weighted by atomic mass is 10.2. The van der Waals surface area contributed by atoms with E-state index in [9.17, 15) is 42.7 Å². The molecule has 2 rings (SSSR count). The lowest BCUT2D eigenvalue weighted by Crippen LogP contribution is -2.34. The summed E-state index contributed by atoms with van der Waals surface area (Å²) in [5.74, 6) is 6.04. The predicted molar refractivity (Wildman–Crippen MR) is 184 cm³/mol. The standard InChI is InChI=1S/C23H36N7O18P3S2/c1-23(2,3)46-22(34)26-7-9-52-53-10-8-42-21(33)25-6-4-5-15-12-30(20(32)28-19(15)31)18-11-16(43-14-27-29-24)17(45-18)13-44-50(38,39)48-51(40,41)47-49(35,36)37/h12,16-18H,6-11,13-14H2,1-3H3,(H,25,33)(H,26,34)(H,38,39)(H,40,41)(H,28,31,32)(H2,35,36,37)/t16-,17-,18-/m1/s1. The van der Waals surface area contributed by atoms with E-state index >= 15 is 0 Å². The SMILES string of the molecule is CC(C)(C)OC(=O)NCCSSCCOC(=O)NCC#Cc1cn([C@H]2C[C@@H](OCN=[N+]=[N-])[C@@H](COP(=O)(O)OP(=O)(O)OP(=O)(O)O)O2)c(=O)[nH]c1=O. The quantitative estimate of drug-likeness (QED) is 0.0198. The minimum Gasteiger partial charge on any atom is -0.449 e. The molecule has 0 radical (unpaired) electrons. The lowest BCUT2D eigenvalue weighted by molar-refractivity contribution is -0.0601. The van der Waals surface area contributed by atoms with E-state index in [-0.39, 0.29) is 25.1 Å². The topological polar surface area (TPSA) is 359 Å². The van der Waals surface area contributed by atoms with E-state index in [4.69, 9.17) is 34.3 Å². The number of aromatic amines is 1. The van der Waals surface area contributed by atoms with Crippen molar-refractivity contribution >= 4 is 57.2 Å². The third-order valence-corrected chi connectivity index (χ3v) is 11.7. The first-order chi connectivity index (χ1) is 24.6. The Morgan fingerprint density at radius 2 is 1.81 bits per heavy atom. The van der Waals surface area contributed by atoms with Gasteiger partial charge in [0.05, 0.1) is 19.3 Å². The molecule has 30 heteroatoms. The number of phosphoric ester groups is 1. The molecule has 298 valence electrons. The average Bonchev–Trinajstić information content (AvgIpc) is 3.40. The van der Waals surface area contributed by atoms with Gasteiger partial charge in [-0.15, -0.1) is 0 Å². The Kier molecular flexibility index (Phi) is 18.6. The van der Waals surface area contributed by atoms with E-state index in [0.29, 0.717) is 18.1 Å². The van der Waals surface area contributed by atoms with Crippen LogP contribution in [0, 0.1) is 11.8 Å². The molecule has 2 heterocycles. The van der Waals surface area contributed by atoms with E-state index in [1.54, 1.807) is 20.8 Å². The first-order valence-electron chi connectivity index (χ1n) is 14.6. The fourth-order valence-electron chi connectivity index (χ4n) is 3.71. The normalized spacial score (nSPS) is 19.4. The second kappa shape index (κ2) is 21.3. The van der Waals surface area contributed by atoms with Gasteiger partial charge in [-0.25, -0.2) is 28.1 Å². The summed E-state index contributed by atoms with van der Waals surface area (Å²) in [5.41, 5.74) is 5.83. The summed E-state index contributed by atoms with van der Waals surface area (Å²) in [6.45, 7) is 3.92. The number of nitrogens with zero attached hydrogens (tertiary/aromatic N) is 4. The van der Waals surface area contributed by atoms with Gasteiger partial charge in [-0.1, -0.05) is 38.5 Å². The fourth-order valence-corrected chi connectivity index (χ4v) is 8.48. The number of amides is 2. The molecule has 1 aliphatic heterocycles. The number of alkyl carbamates (subject to hydrolysis) is 2. The average molecular weight is 856 g/mol. The van der Waals surface area contributed by atoms with Gasteiger partial charge in [0.25, 0.3) is 5.56 Å². The van der Waals surface area contributed by atoms with Gasteiger partial charge in [0.15, 0.2) is 0 Å². The van der Waals surface area contributed by atoms with Crippen LogP contribution in [0.5, 0.6) is 0 Å². The zero-order valence-corrected chi connectivity index (χ0v) is 32.2. The van der Waals surface area contributed by atoms with Crippen molar-refractivity contribution in [1.29, 1.82) is 0 Å². The Bertz CT molecular complexity index is 1800. The summed E-state index contributed by atoms with van der Waals surface area (Å²) in [6, 6.07) is 0. The third-order valence-electron chi connectivity index (χ3n) is 5.57. The Morgan fingerprint density at radius 3 is 2.47 bits per heavy atom. The molecule has 0 spiro atoms. The summed E-state index contributed by atoms with van der Waals surface area (Å²) >= 11 is 0. The Morgan fingerprint density at radius 1 is 1.11 bits per heavy atom. The molecular formula is C23H36N7O18P3S2. The van der Waals surface area contributed by atoms with Crippen molar-refractivity contribution in [1.82, 2.24) is 20.2 Å². The second-order valence-corrected chi connectivity index (χ2v) is 18.0.